The van der Waals surface area contributed by atoms with E-state index in [0.717, 1.165) is 5.56 Å². The summed E-state index contributed by atoms with van der Waals surface area (Å²) in [5, 5.41) is 11.0. The Morgan fingerprint density at radius 1 is 1.43 bits per heavy atom. The third-order valence-corrected chi connectivity index (χ3v) is 2.06. The van der Waals surface area contributed by atoms with Crippen molar-refractivity contribution >= 4 is 5.91 Å². The topological polar surface area (TPSA) is 52.9 Å². The highest BCUT2D eigenvalue weighted by Crippen LogP contribution is 2.16. The second-order valence-corrected chi connectivity index (χ2v) is 2.92. The Bertz CT molecular complexity index is 500. The first-order valence-corrected chi connectivity index (χ1v) is 4.12. The molecule has 0 unspecified atom stereocenters. The van der Waals surface area contributed by atoms with E-state index < -0.39 is 0 Å². The number of hydrogen-bond acceptors (Lipinski definition) is 2. The Labute approximate surface area is 81.4 Å². The molecule has 0 radical (unpaired) electrons. The molecule has 0 saturated carbocycles. The van der Waals surface area contributed by atoms with Crippen LogP contribution in [0.25, 0.3) is 0 Å². The number of hydrogen-bond donors (Lipinski definition) is 1. The zero-order chi connectivity index (χ0) is 9.97. The van der Waals surface area contributed by atoms with Gasteiger partial charge >= 0.3 is 0 Å². The van der Waals surface area contributed by atoms with Crippen molar-refractivity contribution in [2.75, 3.05) is 0 Å². The van der Waals surface area contributed by atoms with E-state index >= 15 is 0 Å². The van der Waals surface area contributed by atoms with Gasteiger partial charge in [-0.3, -0.25) is 4.79 Å². The Morgan fingerprint density at radius 2 is 2.29 bits per heavy atom. The quantitative estimate of drug-likeness (QED) is 0.603. The molecular weight excluding hydrogens is 176 g/mol. The molecule has 1 amide bonds. The minimum atomic E-state index is -0.0689. The van der Waals surface area contributed by atoms with Crippen molar-refractivity contribution in [2.45, 2.75) is 6.54 Å². The molecular formula is C11H6N2O. The van der Waals surface area contributed by atoms with Crippen LogP contribution in [0.15, 0.2) is 18.2 Å². The molecule has 1 N–H and O–H groups in total. The number of carbonyl (C=O) groups excluding carboxylic acids is 1. The van der Waals surface area contributed by atoms with Crippen LogP contribution in [0, 0.1) is 23.2 Å². The van der Waals surface area contributed by atoms with Crippen LogP contribution < -0.4 is 5.32 Å². The van der Waals surface area contributed by atoms with Gasteiger partial charge in [0.1, 0.15) is 0 Å². The van der Waals surface area contributed by atoms with E-state index in [-0.39, 0.29) is 5.91 Å². The zero-order valence-corrected chi connectivity index (χ0v) is 7.29. The van der Waals surface area contributed by atoms with Crippen molar-refractivity contribution in [1.29, 1.82) is 5.26 Å². The van der Waals surface area contributed by atoms with Gasteiger partial charge in [0.25, 0.3) is 5.91 Å². The van der Waals surface area contributed by atoms with Crippen LogP contribution >= 0.6 is 0 Å². The number of amides is 1. The van der Waals surface area contributed by atoms with Crippen LogP contribution in [0.3, 0.4) is 0 Å². The summed E-state index contributed by atoms with van der Waals surface area (Å²) in [6.45, 7) is 0.583. The molecule has 0 spiro atoms. The Kier molecular flexibility index (Phi) is 1.93. The minimum Gasteiger partial charge on any atom is -0.348 e. The first-order chi connectivity index (χ1) is 6.81. The Balaban J connectivity index is 2.46. The number of nitrogens with zero attached hydrogens (tertiary/aromatic N) is 1. The third-order valence-electron chi connectivity index (χ3n) is 2.06. The van der Waals surface area contributed by atoms with E-state index in [2.05, 4.69) is 17.2 Å². The van der Waals surface area contributed by atoms with Gasteiger partial charge in [-0.2, -0.15) is 5.26 Å². The van der Waals surface area contributed by atoms with E-state index in [0.29, 0.717) is 17.7 Å². The van der Waals surface area contributed by atoms with E-state index in [1.165, 1.54) is 0 Å². The fourth-order valence-electron chi connectivity index (χ4n) is 1.39. The summed E-state index contributed by atoms with van der Waals surface area (Å²) in [5.74, 6) is 4.88. The van der Waals surface area contributed by atoms with Crippen molar-refractivity contribution in [2.24, 2.45) is 0 Å². The first kappa shape index (κ1) is 8.34. The lowest BCUT2D eigenvalue weighted by Crippen LogP contribution is -2.12. The van der Waals surface area contributed by atoms with Crippen LogP contribution in [0.2, 0.25) is 0 Å². The molecule has 0 bridgehead atoms. The van der Waals surface area contributed by atoms with Crippen LogP contribution in [0.5, 0.6) is 0 Å². The van der Waals surface area contributed by atoms with Crippen molar-refractivity contribution < 1.29 is 4.79 Å². The van der Waals surface area contributed by atoms with Gasteiger partial charge in [-0.15, -0.1) is 0 Å². The first-order valence-electron chi connectivity index (χ1n) is 4.12. The van der Waals surface area contributed by atoms with Crippen molar-refractivity contribution in [1.82, 2.24) is 5.32 Å². The molecule has 3 heteroatoms. The smallest absolute Gasteiger partial charge is 0.251 e. The van der Waals surface area contributed by atoms with Gasteiger partial charge in [0, 0.05) is 23.6 Å². The summed E-state index contributed by atoms with van der Waals surface area (Å²) in [6.07, 6.45) is 0. The standard InChI is InChI=1S/C11H6N2O/c12-5-1-2-8-3-4-9-7-13-11(14)10(9)6-8/h3-4,6H,7H2,(H,13,14). The van der Waals surface area contributed by atoms with E-state index in [9.17, 15) is 4.79 Å². The lowest BCUT2D eigenvalue weighted by molar-refractivity contribution is 0.0965. The van der Waals surface area contributed by atoms with Crippen molar-refractivity contribution in [3.63, 3.8) is 0 Å². The van der Waals surface area contributed by atoms with Crippen molar-refractivity contribution in [3.8, 4) is 17.9 Å². The summed E-state index contributed by atoms with van der Waals surface area (Å²) in [6, 6.07) is 7.11. The van der Waals surface area contributed by atoms with Crippen LogP contribution in [-0.4, -0.2) is 5.91 Å². The molecule has 1 heterocycles. The normalized spacial score (nSPS) is 12.1. The summed E-state index contributed by atoms with van der Waals surface area (Å²) < 4.78 is 0. The highest BCUT2D eigenvalue weighted by molar-refractivity contribution is 5.98. The Hall–Kier alpha value is -2.26. The molecule has 0 aromatic heterocycles. The zero-order valence-electron chi connectivity index (χ0n) is 7.29. The fraction of sp³-hybridized carbons (Fsp3) is 0.0909. The number of fused-ring (bicyclic) bond motifs is 1. The predicted octanol–water partition coefficient (Wildman–Crippen LogP) is 0.805. The highest BCUT2D eigenvalue weighted by atomic mass is 16.1. The van der Waals surface area contributed by atoms with Gasteiger partial charge in [-0.05, 0) is 17.7 Å². The van der Waals surface area contributed by atoms with E-state index in [4.69, 9.17) is 5.26 Å². The van der Waals surface area contributed by atoms with Crippen molar-refractivity contribution in [3.05, 3.63) is 34.9 Å². The maximum atomic E-state index is 11.3. The molecule has 0 atom stereocenters. The maximum absolute atomic E-state index is 11.3. The fourth-order valence-corrected chi connectivity index (χ4v) is 1.39. The molecule has 1 aliphatic heterocycles. The number of carbonyl (C=O) groups is 1. The van der Waals surface area contributed by atoms with Gasteiger partial charge in [0.15, 0.2) is 6.07 Å². The summed E-state index contributed by atoms with van der Waals surface area (Å²) >= 11 is 0. The second kappa shape index (κ2) is 3.24. The number of nitrogens with one attached hydrogen (secondary N) is 1. The SMILES string of the molecule is N#CC#Cc1ccc2c(c1)C(=O)NC2. The van der Waals surface area contributed by atoms with Crippen LogP contribution in [-0.2, 0) is 6.54 Å². The lowest BCUT2D eigenvalue weighted by Gasteiger charge is -1.95. The van der Waals surface area contributed by atoms with E-state index in [1.54, 1.807) is 12.1 Å². The largest absolute Gasteiger partial charge is 0.348 e. The van der Waals surface area contributed by atoms with Gasteiger partial charge in [-0.1, -0.05) is 12.0 Å². The molecule has 14 heavy (non-hydrogen) atoms. The minimum absolute atomic E-state index is 0.0689. The molecule has 0 aliphatic carbocycles. The monoisotopic (exact) mass is 182 g/mol. The summed E-state index contributed by atoms with van der Waals surface area (Å²) in [4.78, 5) is 11.3. The van der Waals surface area contributed by atoms with Gasteiger partial charge in [0.05, 0.1) is 0 Å². The van der Waals surface area contributed by atoms with Gasteiger partial charge in [-0.25, -0.2) is 0 Å². The molecule has 1 aliphatic rings. The third kappa shape index (κ3) is 1.32. The molecule has 1 aromatic carbocycles. The van der Waals surface area contributed by atoms with Crippen LogP contribution in [0.1, 0.15) is 21.5 Å². The average molecular weight is 182 g/mol. The predicted molar refractivity (Wildman–Crippen MR) is 50.1 cm³/mol. The number of benzene rings is 1. The van der Waals surface area contributed by atoms with Crippen LogP contribution in [0.4, 0.5) is 0 Å². The number of nitriles is 1. The second-order valence-electron chi connectivity index (χ2n) is 2.92. The van der Waals surface area contributed by atoms with Gasteiger partial charge < -0.3 is 5.32 Å². The average Bonchev–Trinajstić information content (AvgIpc) is 2.57. The highest BCUT2D eigenvalue weighted by Gasteiger charge is 2.17. The lowest BCUT2D eigenvalue weighted by atomic mass is 10.1. The number of rotatable bonds is 0. The van der Waals surface area contributed by atoms with E-state index in [1.807, 2.05) is 12.1 Å². The molecule has 3 nitrogen and oxygen atoms in total. The molecule has 0 saturated heterocycles. The molecule has 1 aromatic rings. The summed E-state index contributed by atoms with van der Waals surface area (Å²) in [7, 11) is 0. The maximum Gasteiger partial charge on any atom is 0.251 e. The Morgan fingerprint density at radius 3 is 3.07 bits per heavy atom. The molecule has 2 rings (SSSR count). The molecule has 0 fully saturated rings. The van der Waals surface area contributed by atoms with Gasteiger partial charge in [0.2, 0.25) is 0 Å². The summed E-state index contributed by atoms with van der Waals surface area (Å²) in [5.41, 5.74) is 2.34. The molecule has 66 valence electrons.